The topological polar surface area (TPSA) is 71.3 Å². The van der Waals surface area contributed by atoms with Crippen LogP contribution in [0.25, 0.3) is 11.0 Å². The summed E-state index contributed by atoms with van der Waals surface area (Å²) in [4.78, 5) is 15.6. The third-order valence-electron chi connectivity index (χ3n) is 5.99. The van der Waals surface area contributed by atoms with E-state index in [0.717, 1.165) is 58.3 Å². The lowest BCUT2D eigenvalue weighted by molar-refractivity contribution is 0.0882. The van der Waals surface area contributed by atoms with Crippen molar-refractivity contribution in [1.29, 1.82) is 0 Å². The molecule has 6 nitrogen and oxygen atoms in total. The Morgan fingerprint density at radius 2 is 1.94 bits per heavy atom. The van der Waals surface area contributed by atoms with E-state index in [1.807, 2.05) is 43.3 Å². The van der Waals surface area contributed by atoms with E-state index < -0.39 is 0 Å². The lowest BCUT2D eigenvalue weighted by atomic mass is 10.0. The van der Waals surface area contributed by atoms with Crippen molar-refractivity contribution < 1.29 is 13.6 Å². The van der Waals surface area contributed by atoms with Gasteiger partial charge >= 0.3 is 0 Å². The molecule has 1 fully saturated rings. The minimum Gasteiger partial charge on any atom is -0.451 e. The number of benzene rings is 2. The Balaban J connectivity index is 1.23. The van der Waals surface area contributed by atoms with Crippen LogP contribution in [0.15, 0.2) is 57.3 Å². The first-order valence-electron chi connectivity index (χ1n) is 11.3. The minimum absolute atomic E-state index is 0.0940. The van der Waals surface area contributed by atoms with E-state index in [1.165, 1.54) is 12.1 Å². The third-order valence-corrected chi connectivity index (χ3v) is 7.99. The van der Waals surface area contributed by atoms with Gasteiger partial charge < -0.3 is 9.73 Å². The fourth-order valence-electron chi connectivity index (χ4n) is 4.23. The molecule has 0 atom stereocenters. The maximum atomic E-state index is 13.2. The highest BCUT2D eigenvalue weighted by Gasteiger charge is 2.26. The number of piperidine rings is 1. The van der Waals surface area contributed by atoms with E-state index in [9.17, 15) is 9.18 Å². The Morgan fingerprint density at radius 3 is 2.68 bits per heavy atom. The Hall–Kier alpha value is -2.75. The van der Waals surface area contributed by atoms with Crippen molar-refractivity contribution in [2.45, 2.75) is 42.4 Å². The number of likely N-dealkylation sites (tertiary alicyclic amines) is 1. The average Bonchev–Trinajstić information content (AvgIpc) is 3.43. The molecular weight excluding hydrogens is 471 g/mol. The molecule has 0 unspecified atom stereocenters. The molecule has 34 heavy (non-hydrogen) atoms. The summed E-state index contributed by atoms with van der Waals surface area (Å²) in [5.74, 6) is 0.581. The van der Waals surface area contributed by atoms with Gasteiger partial charge in [0.2, 0.25) is 0 Å². The van der Waals surface area contributed by atoms with Crippen LogP contribution in [-0.2, 0) is 12.3 Å². The number of fused-ring (bicyclic) bond motifs is 1. The molecule has 1 aliphatic heterocycles. The van der Waals surface area contributed by atoms with Gasteiger partial charge in [-0.3, -0.25) is 9.69 Å². The maximum Gasteiger partial charge on any atom is 0.287 e. The number of halogens is 1. The number of rotatable bonds is 7. The highest BCUT2D eigenvalue weighted by atomic mass is 32.2. The van der Waals surface area contributed by atoms with Crippen LogP contribution >= 0.6 is 23.1 Å². The lowest BCUT2D eigenvalue weighted by Gasteiger charge is -2.32. The van der Waals surface area contributed by atoms with Crippen LogP contribution in [0.2, 0.25) is 0 Å². The monoisotopic (exact) mass is 496 g/mol. The molecule has 5 rings (SSSR count). The van der Waals surface area contributed by atoms with Gasteiger partial charge in [-0.25, -0.2) is 4.39 Å². The number of aryl methyl sites for hydroxylation is 1. The third kappa shape index (κ3) is 5.32. The first-order chi connectivity index (χ1) is 16.5. The molecule has 0 bridgehead atoms. The molecule has 1 aliphatic rings. The summed E-state index contributed by atoms with van der Waals surface area (Å²) in [6, 6.07) is 14.5. The van der Waals surface area contributed by atoms with Gasteiger partial charge in [0.25, 0.3) is 5.91 Å². The second kappa shape index (κ2) is 10.2. The van der Waals surface area contributed by atoms with Crippen molar-refractivity contribution >= 4 is 40.0 Å². The van der Waals surface area contributed by atoms with Crippen LogP contribution < -0.4 is 5.32 Å². The summed E-state index contributed by atoms with van der Waals surface area (Å²) in [5, 5.41) is 13.3. The molecule has 3 heterocycles. The number of carbonyl (C=O) groups is 1. The van der Waals surface area contributed by atoms with Gasteiger partial charge in [0.05, 0.1) is 0 Å². The van der Waals surface area contributed by atoms with Gasteiger partial charge in [-0.15, -0.1) is 10.2 Å². The molecule has 0 spiro atoms. The van der Waals surface area contributed by atoms with Gasteiger partial charge in [0.15, 0.2) is 10.1 Å². The molecule has 1 amide bonds. The number of nitrogens with one attached hydrogen (secondary N) is 1. The SMILES string of the molecule is Cc1nnc(SCc2c(C(=O)NC3CCN(Cc4ccc(F)cc4)CC3)oc3ccccc23)s1. The van der Waals surface area contributed by atoms with Crippen LogP contribution in [0, 0.1) is 12.7 Å². The highest BCUT2D eigenvalue weighted by Crippen LogP contribution is 2.33. The molecule has 2 aromatic heterocycles. The van der Waals surface area contributed by atoms with Crippen molar-refractivity contribution in [2.75, 3.05) is 13.1 Å². The molecular formula is C25H25FN4O2S2. The predicted octanol–water partition coefficient (Wildman–Crippen LogP) is 5.42. The van der Waals surface area contributed by atoms with E-state index >= 15 is 0 Å². The fraction of sp³-hybridized carbons (Fsp3) is 0.320. The summed E-state index contributed by atoms with van der Waals surface area (Å²) in [5.41, 5.74) is 2.70. The number of para-hydroxylation sites is 1. The first-order valence-corrected chi connectivity index (χ1v) is 13.1. The van der Waals surface area contributed by atoms with Crippen molar-refractivity contribution in [3.63, 3.8) is 0 Å². The largest absolute Gasteiger partial charge is 0.451 e. The molecule has 9 heteroatoms. The Morgan fingerprint density at radius 1 is 1.18 bits per heavy atom. The molecule has 2 aromatic carbocycles. The summed E-state index contributed by atoms with van der Waals surface area (Å²) in [6.45, 7) is 4.47. The van der Waals surface area contributed by atoms with Gasteiger partial charge in [0.1, 0.15) is 16.4 Å². The Kier molecular flexibility index (Phi) is 6.94. The summed E-state index contributed by atoms with van der Waals surface area (Å²) < 4.78 is 20.0. The fourth-order valence-corrected chi connectivity index (χ4v) is 6.07. The minimum atomic E-state index is -0.216. The zero-order valence-electron chi connectivity index (χ0n) is 18.8. The number of furan rings is 1. The zero-order valence-corrected chi connectivity index (χ0v) is 20.4. The van der Waals surface area contributed by atoms with Crippen LogP contribution in [0.4, 0.5) is 4.39 Å². The van der Waals surface area contributed by atoms with Crippen LogP contribution in [0.3, 0.4) is 0 Å². The highest BCUT2D eigenvalue weighted by molar-refractivity contribution is 8.00. The van der Waals surface area contributed by atoms with Crippen LogP contribution in [-0.4, -0.2) is 40.1 Å². The number of hydrogen-bond donors (Lipinski definition) is 1. The van der Waals surface area contributed by atoms with Gasteiger partial charge in [-0.2, -0.15) is 0 Å². The summed E-state index contributed by atoms with van der Waals surface area (Å²) in [6.07, 6.45) is 1.72. The number of hydrogen-bond acceptors (Lipinski definition) is 7. The van der Waals surface area contributed by atoms with E-state index in [4.69, 9.17) is 4.42 Å². The Bertz CT molecular complexity index is 1280. The number of amides is 1. The van der Waals surface area contributed by atoms with Gasteiger partial charge in [-0.1, -0.05) is 53.4 Å². The second-order valence-electron chi connectivity index (χ2n) is 8.43. The van der Waals surface area contributed by atoms with E-state index in [0.29, 0.717) is 17.1 Å². The van der Waals surface area contributed by atoms with Crippen molar-refractivity contribution in [3.05, 3.63) is 76.2 Å². The maximum absolute atomic E-state index is 13.2. The molecule has 0 saturated carbocycles. The van der Waals surface area contributed by atoms with E-state index in [1.54, 1.807) is 23.1 Å². The smallest absolute Gasteiger partial charge is 0.287 e. The van der Waals surface area contributed by atoms with Crippen LogP contribution in [0.5, 0.6) is 0 Å². The van der Waals surface area contributed by atoms with Crippen molar-refractivity contribution in [2.24, 2.45) is 0 Å². The standard InChI is InChI=1S/C25H25FN4O2S2/c1-16-28-29-25(34-16)33-15-21-20-4-2-3-5-22(20)32-23(21)24(31)27-19-10-12-30(13-11-19)14-17-6-8-18(26)9-7-17/h2-9,19H,10-15H2,1H3,(H,27,31). The molecule has 176 valence electrons. The number of nitrogens with zero attached hydrogens (tertiary/aromatic N) is 3. The van der Waals surface area contributed by atoms with Gasteiger partial charge in [0, 0.05) is 42.4 Å². The molecule has 0 radical (unpaired) electrons. The van der Waals surface area contributed by atoms with E-state index in [-0.39, 0.29) is 17.8 Å². The number of aromatic nitrogens is 2. The van der Waals surface area contributed by atoms with Crippen LogP contribution in [0.1, 0.15) is 39.5 Å². The molecule has 4 aromatic rings. The van der Waals surface area contributed by atoms with Gasteiger partial charge in [-0.05, 0) is 43.5 Å². The quantitative estimate of drug-likeness (QED) is 0.345. The number of carbonyl (C=O) groups excluding carboxylic acids is 1. The zero-order chi connectivity index (χ0) is 23.5. The molecule has 1 saturated heterocycles. The van der Waals surface area contributed by atoms with Crippen molar-refractivity contribution in [3.8, 4) is 0 Å². The predicted molar refractivity (Wildman–Crippen MR) is 133 cm³/mol. The number of thioether (sulfide) groups is 1. The molecule has 0 aliphatic carbocycles. The first kappa shape index (κ1) is 23.0. The summed E-state index contributed by atoms with van der Waals surface area (Å²) >= 11 is 3.11. The van der Waals surface area contributed by atoms with E-state index in [2.05, 4.69) is 20.4 Å². The second-order valence-corrected chi connectivity index (χ2v) is 10.8. The van der Waals surface area contributed by atoms with Crippen molar-refractivity contribution in [1.82, 2.24) is 20.4 Å². The molecule has 1 N–H and O–H groups in total. The average molecular weight is 497 g/mol. The Labute approximate surface area is 205 Å². The summed E-state index contributed by atoms with van der Waals surface area (Å²) in [7, 11) is 0. The lowest BCUT2D eigenvalue weighted by Crippen LogP contribution is -2.44. The normalized spacial score (nSPS) is 15.1.